The second-order valence-electron chi connectivity index (χ2n) is 7.65. The molecule has 0 aliphatic carbocycles. The maximum absolute atomic E-state index is 13.4. The van der Waals surface area contributed by atoms with E-state index in [-0.39, 0.29) is 24.0 Å². The van der Waals surface area contributed by atoms with Gasteiger partial charge in [0.2, 0.25) is 0 Å². The molecule has 1 saturated heterocycles. The molecule has 1 unspecified atom stereocenters. The molecule has 0 radical (unpaired) electrons. The van der Waals surface area contributed by atoms with E-state index in [1.807, 2.05) is 48.5 Å². The molecule has 30 heavy (non-hydrogen) atoms. The van der Waals surface area contributed by atoms with Crippen molar-refractivity contribution in [2.45, 2.75) is 25.3 Å². The highest BCUT2D eigenvalue weighted by molar-refractivity contribution is 5.86. The average molecular weight is 421 g/mol. The van der Waals surface area contributed by atoms with Crippen molar-refractivity contribution in [1.82, 2.24) is 19.7 Å². The van der Waals surface area contributed by atoms with E-state index >= 15 is 0 Å². The van der Waals surface area contributed by atoms with Crippen molar-refractivity contribution in [1.29, 1.82) is 0 Å². The quantitative estimate of drug-likeness (QED) is 0.540. The van der Waals surface area contributed by atoms with Crippen molar-refractivity contribution >= 4 is 23.2 Å². The summed E-state index contributed by atoms with van der Waals surface area (Å²) in [4.78, 5) is 13.4. The molecule has 1 fully saturated rings. The summed E-state index contributed by atoms with van der Waals surface area (Å²) >= 11 is 0. The first-order valence-electron chi connectivity index (χ1n) is 10.2. The van der Waals surface area contributed by atoms with Crippen LogP contribution in [0.2, 0.25) is 0 Å². The van der Waals surface area contributed by atoms with Gasteiger partial charge >= 0.3 is 5.69 Å². The van der Waals surface area contributed by atoms with Crippen LogP contribution in [0.4, 0.5) is 0 Å². The molecule has 1 atom stereocenters. The van der Waals surface area contributed by atoms with Gasteiger partial charge in [-0.15, -0.1) is 12.4 Å². The summed E-state index contributed by atoms with van der Waals surface area (Å²) in [6.45, 7) is 2.35. The van der Waals surface area contributed by atoms with E-state index in [9.17, 15) is 4.79 Å². The molecule has 6 heteroatoms. The summed E-state index contributed by atoms with van der Waals surface area (Å²) in [5, 5.41) is 10.6. The molecular weight excluding hydrogens is 396 g/mol. The molecule has 5 nitrogen and oxygen atoms in total. The van der Waals surface area contributed by atoms with Gasteiger partial charge in [-0.3, -0.25) is 0 Å². The Balaban J connectivity index is 0.00000218. The molecule has 1 aromatic heterocycles. The second-order valence-corrected chi connectivity index (χ2v) is 7.65. The molecule has 0 spiro atoms. The minimum Gasteiger partial charge on any atom is -0.316 e. The highest BCUT2D eigenvalue weighted by atomic mass is 35.5. The van der Waals surface area contributed by atoms with Crippen LogP contribution in [0.1, 0.15) is 30.1 Å². The number of halogens is 1. The fourth-order valence-electron chi connectivity index (χ4n) is 4.28. The summed E-state index contributed by atoms with van der Waals surface area (Å²) < 4.78 is 3.42. The Morgan fingerprint density at radius 3 is 2.53 bits per heavy atom. The Hall–Kier alpha value is -2.89. The molecule has 0 saturated carbocycles. The number of hydrogen-bond donors (Lipinski definition) is 1. The van der Waals surface area contributed by atoms with E-state index in [0.717, 1.165) is 48.4 Å². The van der Waals surface area contributed by atoms with Crippen molar-refractivity contribution in [3.8, 4) is 5.69 Å². The van der Waals surface area contributed by atoms with Gasteiger partial charge in [0.25, 0.3) is 0 Å². The molecular formula is C24H25ClN4O. The van der Waals surface area contributed by atoms with E-state index in [2.05, 4.69) is 29.6 Å². The number of aromatic nitrogens is 3. The van der Waals surface area contributed by atoms with Crippen LogP contribution in [0.5, 0.6) is 0 Å². The Morgan fingerprint density at radius 2 is 1.73 bits per heavy atom. The summed E-state index contributed by atoms with van der Waals surface area (Å²) in [5.74, 6) is 1.10. The first kappa shape index (κ1) is 20.4. The van der Waals surface area contributed by atoms with Crippen molar-refractivity contribution < 1.29 is 0 Å². The number of benzene rings is 3. The molecule has 3 aromatic carbocycles. The van der Waals surface area contributed by atoms with Crippen molar-refractivity contribution in [2.75, 3.05) is 13.1 Å². The molecule has 2 heterocycles. The molecule has 1 aliphatic rings. The largest absolute Gasteiger partial charge is 0.350 e. The normalized spacial score (nSPS) is 16.3. The van der Waals surface area contributed by atoms with Crippen LogP contribution in [-0.4, -0.2) is 27.4 Å². The zero-order valence-electron chi connectivity index (χ0n) is 16.7. The predicted octanol–water partition coefficient (Wildman–Crippen LogP) is 4.12. The number of nitrogens with one attached hydrogen (secondary N) is 1. The average Bonchev–Trinajstić information content (AvgIpc) is 3.11. The Labute approximate surface area is 181 Å². The lowest BCUT2D eigenvalue weighted by Crippen LogP contribution is -2.31. The maximum atomic E-state index is 13.4. The zero-order valence-corrected chi connectivity index (χ0v) is 17.5. The van der Waals surface area contributed by atoms with Gasteiger partial charge in [0.15, 0.2) is 0 Å². The number of rotatable bonds is 4. The van der Waals surface area contributed by atoms with Crippen LogP contribution in [-0.2, 0) is 6.54 Å². The monoisotopic (exact) mass is 420 g/mol. The molecule has 0 bridgehead atoms. The summed E-state index contributed by atoms with van der Waals surface area (Å²) in [5.41, 5.74) is 1.91. The highest BCUT2D eigenvalue weighted by Crippen LogP contribution is 2.24. The fourth-order valence-corrected chi connectivity index (χ4v) is 4.28. The van der Waals surface area contributed by atoms with Gasteiger partial charge in [0.1, 0.15) is 5.82 Å². The van der Waals surface area contributed by atoms with E-state index in [1.165, 1.54) is 5.39 Å². The first-order chi connectivity index (χ1) is 14.3. The molecule has 4 aromatic rings. The predicted molar refractivity (Wildman–Crippen MR) is 123 cm³/mol. The lowest BCUT2D eigenvalue weighted by molar-refractivity contribution is 0.439. The molecule has 1 aliphatic heterocycles. The van der Waals surface area contributed by atoms with Crippen molar-refractivity contribution in [3.63, 3.8) is 0 Å². The van der Waals surface area contributed by atoms with Crippen LogP contribution in [0.15, 0.2) is 77.6 Å². The van der Waals surface area contributed by atoms with E-state index in [0.29, 0.717) is 6.54 Å². The third kappa shape index (κ3) is 3.78. The van der Waals surface area contributed by atoms with Gasteiger partial charge in [-0.2, -0.15) is 5.10 Å². The molecule has 0 amide bonds. The Bertz CT molecular complexity index is 1190. The fraction of sp³-hybridized carbons (Fsp3) is 0.250. The smallest absolute Gasteiger partial charge is 0.316 e. The molecule has 5 rings (SSSR count). The Morgan fingerprint density at radius 1 is 0.967 bits per heavy atom. The number of fused-ring (bicyclic) bond motifs is 1. The highest BCUT2D eigenvalue weighted by Gasteiger charge is 2.25. The number of hydrogen-bond acceptors (Lipinski definition) is 3. The first-order valence-corrected chi connectivity index (χ1v) is 10.2. The van der Waals surface area contributed by atoms with E-state index in [1.54, 1.807) is 9.25 Å². The lowest BCUT2D eigenvalue weighted by Gasteiger charge is -2.22. The van der Waals surface area contributed by atoms with E-state index in [4.69, 9.17) is 5.10 Å². The van der Waals surface area contributed by atoms with Crippen molar-refractivity contribution in [2.24, 2.45) is 0 Å². The Kier molecular flexibility index (Phi) is 6.02. The standard InChI is InChI=1S/C24H24N4O.ClH/c29-24-27(17-20-10-6-9-18-8-4-5-14-22(18)20)26-23(19-11-7-15-25-16-19)28(24)21-12-2-1-3-13-21;/h1-6,8-10,12-14,19,25H,7,11,15-17H2;1H. The third-order valence-electron chi connectivity index (χ3n) is 5.74. The number of nitrogens with zero attached hydrogens (tertiary/aromatic N) is 3. The topological polar surface area (TPSA) is 51.9 Å². The van der Waals surface area contributed by atoms with Gasteiger partial charge < -0.3 is 5.32 Å². The zero-order chi connectivity index (χ0) is 19.6. The SMILES string of the molecule is Cl.O=c1n(Cc2cccc3ccccc23)nc(C2CCCNC2)n1-c1ccccc1. The van der Waals surface area contributed by atoms with Gasteiger partial charge in [-0.05, 0) is 47.9 Å². The second kappa shape index (κ2) is 8.86. The van der Waals surface area contributed by atoms with Crippen LogP contribution in [0.3, 0.4) is 0 Å². The number of piperidine rings is 1. The van der Waals surface area contributed by atoms with Gasteiger partial charge in [-0.25, -0.2) is 14.0 Å². The third-order valence-corrected chi connectivity index (χ3v) is 5.74. The summed E-state index contributed by atoms with van der Waals surface area (Å²) in [7, 11) is 0. The number of para-hydroxylation sites is 1. The maximum Gasteiger partial charge on any atom is 0.350 e. The molecule has 1 N–H and O–H groups in total. The van der Waals surface area contributed by atoms with Gasteiger partial charge in [-0.1, -0.05) is 60.7 Å². The summed E-state index contributed by atoms with van der Waals surface area (Å²) in [6, 6.07) is 24.4. The lowest BCUT2D eigenvalue weighted by atomic mass is 9.99. The summed E-state index contributed by atoms with van der Waals surface area (Å²) in [6.07, 6.45) is 2.15. The van der Waals surface area contributed by atoms with Crippen LogP contribution in [0, 0.1) is 0 Å². The van der Waals surface area contributed by atoms with Crippen LogP contribution < -0.4 is 11.0 Å². The van der Waals surface area contributed by atoms with Crippen LogP contribution in [0.25, 0.3) is 16.5 Å². The van der Waals surface area contributed by atoms with E-state index < -0.39 is 0 Å². The molecule has 154 valence electrons. The van der Waals surface area contributed by atoms with Gasteiger partial charge in [0.05, 0.1) is 12.2 Å². The van der Waals surface area contributed by atoms with Crippen molar-refractivity contribution in [3.05, 3.63) is 94.7 Å². The minimum atomic E-state index is -0.0790. The van der Waals surface area contributed by atoms with Crippen LogP contribution >= 0.6 is 12.4 Å². The minimum absolute atomic E-state index is 0. The van der Waals surface area contributed by atoms with Gasteiger partial charge in [0, 0.05) is 12.5 Å².